The van der Waals surface area contributed by atoms with Crippen molar-refractivity contribution in [3.05, 3.63) is 0 Å². The highest BCUT2D eigenvalue weighted by atomic mass is 16.5. The van der Waals surface area contributed by atoms with E-state index >= 15 is 0 Å². The van der Waals surface area contributed by atoms with Gasteiger partial charge in [-0.15, -0.1) is 0 Å². The molecule has 0 saturated carbocycles. The molecule has 2 N–H and O–H groups in total. The van der Waals surface area contributed by atoms with Gasteiger partial charge in [-0.05, 0) is 12.3 Å². The first-order valence-corrected chi connectivity index (χ1v) is 5.30. The van der Waals surface area contributed by atoms with Crippen LogP contribution < -0.4 is 5.73 Å². The fourth-order valence-electron chi connectivity index (χ4n) is 2.16. The Hall–Kier alpha value is -0.610. The number of nitrogens with zero attached hydrogens (tertiary/aromatic N) is 1. The second kappa shape index (κ2) is 3.87. The molecule has 2 fully saturated rings. The van der Waals surface area contributed by atoms with Gasteiger partial charge in [0.2, 0.25) is 5.91 Å². The molecule has 2 aliphatic heterocycles. The number of rotatable bonds is 1. The second-order valence-corrected chi connectivity index (χ2v) is 4.44. The van der Waals surface area contributed by atoms with E-state index < -0.39 is 0 Å². The monoisotopic (exact) mass is 198 g/mol. The highest BCUT2D eigenvalue weighted by molar-refractivity contribution is 5.79. The Kier molecular flexibility index (Phi) is 2.74. The van der Waals surface area contributed by atoms with Gasteiger partial charge in [-0.3, -0.25) is 4.79 Å². The maximum Gasteiger partial charge on any atom is 0.228 e. The lowest BCUT2D eigenvalue weighted by Gasteiger charge is -2.19. The zero-order valence-electron chi connectivity index (χ0n) is 8.61. The lowest BCUT2D eigenvalue weighted by Crippen LogP contribution is -2.36. The van der Waals surface area contributed by atoms with Crippen LogP contribution in [-0.4, -0.2) is 43.2 Å². The summed E-state index contributed by atoms with van der Waals surface area (Å²) >= 11 is 0. The molecule has 4 heteroatoms. The normalized spacial score (nSPS) is 37.9. The Bertz CT molecular complexity index is 216. The predicted octanol–water partition coefficient (Wildman–Crippen LogP) is -0.171. The summed E-state index contributed by atoms with van der Waals surface area (Å²) in [5.74, 6) is 0.760. The lowest BCUT2D eigenvalue weighted by atomic mass is 10.1. The first kappa shape index (κ1) is 9.93. The molecule has 4 nitrogen and oxygen atoms in total. The van der Waals surface area contributed by atoms with Crippen LogP contribution in [-0.2, 0) is 9.53 Å². The van der Waals surface area contributed by atoms with Crippen molar-refractivity contribution < 1.29 is 9.53 Å². The average Bonchev–Trinajstić information content (AvgIpc) is 2.76. The summed E-state index contributed by atoms with van der Waals surface area (Å²) in [4.78, 5) is 13.8. The van der Waals surface area contributed by atoms with Crippen molar-refractivity contribution in [2.24, 2.45) is 17.6 Å². The summed E-state index contributed by atoms with van der Waals surface area (Å²) < 4.78 is 5.21. The number of hydrogen-bond donors (Lipinski definition) is 1. The minimum Gasteiger partial charge on any atom is -0.381 e. The molecule has 0 spiro atoms. The first-order valence-electron chi connectivity index (χ1n) is 5.30. The van der Waals surface area contributed by atoms with E-state index in [1.165, 1.54) is 0 Å². The summed E-state index contributed by atoms with van der Waals surface area (Å²) in [6, 6.07) is 0.154. The van der Waals surface area contributed by atoms with Gasteiger partial charge in [0, 0.05) is 25.7 Å². The van der Waals surface area contributed by atoms with Gasteiger partial charge in [0.05, 0.1) is 12.5 Å². The van der Waals surface area contributed by atoms with Gasteiger partial charge in [0.1, 0.15) is 0 Å². The van der Waals surface area contributed by atoms with Crippen LogP contribution in [0.25, 0.3) is 0 Å². The van der Waals surface area contributed by atoms with E-state index in [4.69, 9.17) is 10.5 Å². The van der Waals surface area contributed by atoms with Crippen molar-refractivity contribution in [2.45, 2.75) is 19.4 Å². The maximum atomic E-state index is 11.9. The van der Waals surface area contributed by atoms with Crippen molar-refractivity contribution in [1.82, 2.24) is 4.90 Å². The Morgan fingerprint density at radius 3 is 2.79 bits per heavy atom. The number of likely N-dealkylation sites (tertiary alicyclic amines) is 1. The van der Waals surface area contributed by atoms with Crippen LogP contribution in [0.5, 0.6) is 0 Å². The topological polar surface area (TPSA) is 55.6 Å². The number of nitrogens with two attached hydrogens (primary N) is 1. The minimum absolute atomic E-state index is 0.0903. The van der Waals surface area contributed by atoms with Crippen LogP contribution >= 0.6 is 0 Å². The summed E-state index contributed by atoms with van der Waals surface area (Å²) in [6.07, 6.45) is 0.874. The molecule has 80 valence electrons. The highest BCUT2D eigenvalue weighted by Gasteiger charge is 2.34. The molecular weight excluding hydrogens is 180 g/mol. The highest BCUT2D eigenvalue weighted by Crippen LogP contribution is 2.21. The molecule has 0 bridgehead atoms. The molecule has 2 rings (SSSR count). The van der Waals surface area contributed by atoms with Gasteiger partial charge in [-0.25, -0.2) is 0 Å². The van der Waals surface area contributed by atoms with E-state index in [2.05, 4.69) is 6.92 Å². The van der Waals surface area contributed by atoms with E-state index in [1.807, 2.05) is 4.90 Å². The summed E-state index contributed by atoms with van der Waals surface area (Å²) in [6.45, 7) is 4.96. The molecule has 0 radical (unpaired) electrons. The molecule has 2 heterocycles. The van der Waals surface area contributed by atoms with E-state index in [1.54, 1.807) is 0 Å². The average molecular weight is 198 g/mol. The third-order valence-electron chi connectivity index (χ3n) is 3.26. The largest absolute Gasteiger partial charge is 0.381 e. The Morgan fingerprint density at radius 2 is 2.29 bits per heavy atom. The molecule has 3 unspecified atom stereocenters. The first-order chi connectivity index (χ1) is 6.68. The molecule has 0 aliphatic carbocycles. The standard InChI is InChI=1S/C10H18N2O2/c1-7-4-12(5-9(7)11)10(13)8-2-3-14-6-8/h7-9H,2-6,11H2,1H3. The second-order valence-electron chi connectivity index (χ2n) is 4.44. The van der Waals surface area contributed by atoms with Crippen LogP contribution in [0.1, 0.15) is 13.3 Å². The summed E-state index contributed by atoms with van der Waals surface area (Å²) in [5.41, 5.74) is 5.88. The van der Waals surface area contributed by atoms with E-state index in [0.717, 1.165) is 26.1 Å². The maximum absolute atomic E-state index is 11.9. The molecule has 14 heavy (non-hydrogen) atoms. The van der Waals surface area contributed by atoms with Crippen LogP contribution in [0.2, 0.25) is 0 Å². The molecule has 0 aromatic rings. The number of amides is 1. The van der Waals surface area contributed by atoms with Crippen LogP contribution in [0, 0.1) is 11.8 Å². The fraction of sp³-hybridized carbons (Fsp3) is 0.900. The molecule has 2 aliphatic rings. The zero-order valence-corrected chi connectivity index (χ0v) is 8.61. The lowest BCUT2D eigenvalue weighted by molar-refractivity contribution is -0.134. The van der Waals surface area contributed by atoms with Gasteiger partial charge in [-0.2, -0.15) is 0 Å². The Morgan fingerprint density at radius 1 is 1.50 bits per heavy atom. The Labute approximate surface area is 84.4 Å². The van der Waals surface area contributed by atoms with Gasteiger partial charge in [0.25, 0.3) is 0 Å². The quantitative estimate of drug-likeness (QED) is 0.636. The van der Waals surface area contributed by atoms with Gasteiger partial charge >= 0.3 is 0 Å². The number of ether oxygens (including phenoxy) is 1. The number of hydrogen-bond acceptors (Lipinski definition) is 3. The summed E-state index contributed by atoms with van der Waals surface area (Å²) in [5, 5.41) is 0. The third-order valence-corrected chi connectivity index (χ3v) is 3.26. The third kappa shape index (κ3) is 1.77. The Balaban J connectivity index is 1.92. The molecule has 3 atom stereocenters. The number of carbonyl (C=O) groups is 1. The van der Waals surface area contributed by atoms with Crippen LogP contribution in [0.4, 0.5) is 0 Å². The van der Waals surface area contributed by atoms with E-state index in [-0.39, 0.29) is 17.9 Å². The van der Waals surface area contributed by atoms with Crippen molar-refractivity contribution in [3.63, 3.8) is 0 Å². The predicted molar refractivity (Wildman–Crippen MR) is 52.6 cm³/mol. The van der Waals surface area contributed by atoms with Crippen molar-refractivity contribution >= 4 is 5.91 Å². The molecule has 0 aromatic carbocycles. The molecule has 1 amide bonds. The summed E-state index contributed by atoms with van der Waals surface area (Å²) in [7, 11) is 0. The van der Waals surface area contributed by atoms with Crippen LogP contribution in [0.3, 0.4) is 0 Å². The molecular formula is C10H18N2O2. The van der Waals surface area contributed by atoms with Crippen LogP contribution in [0.15, 0.2) is 0 Å². The van der Waals surface area contributed by atoms with Crippen molar-refractivity contribution in [3.8, 4) is 0 Å². The zero-order chi connectivity index (χ0) is 10.1. The fourth-order valence-corrected chi connectivity index (χ4v) is 2.16. The smallest absolute Gasteiger partial charge is 0.228 e. The van der Waals surface area contributed by atoms with Gasteiger partial charge in [0.15, 0.2) is 0 Å². The molecule has 2 saturated heterocycles. The minimum atomic E-state index is 0.0903. The van der Waals surface area contributed by atoms with E-state index in [0.29, 0.717) is 12.5 Å². The van der Waals surface area contributed by atoms with E-state index in [9.17, 15) is 4.79 Å². The van der Waals surface area contributed by atoms with Gasteiger partial charge in [-0.1, -0.05) is 6.92 Å². The van der Waals surface area contributed by atoms with Crippen molar-refractivity contribution in [2.75, 3.05) is 26.3 Å². The SMILES string of the molecule is CC1CN(C(=O)C2CCOC2)CC1N. The van der Waals surface area contributed by atoms with Gasteiger partial charge < -0.3 is 15.4 Å². The van der Waals surface area contributed by atoms with Crippen molar-refractivity contribution in [1.29, 1.82) is 0 Å². The molecule has 0 aromatic heterocycles. The number of carbonyl (C=O) groups excluding carboxylic acids is 1.